The monoisotopic (exact) mass is 266 g/mol. The van der Waals surface area contributed by atoms with Crippen LogP contribution >= 0.6 is 0 Å². The van der Waals surface area contributed by atoms with Gasteiger partial charge in [-0.3, -0.25) is 4.68 Å². The number of anilines is 2. The van der Waals surface area contributed by atoms with Gasteiger partial charge in [0.05, 0.1) is 11.9 Å². The van der Waals surface area contributed by atoms with E-state index in [2.05, 4.69) is 15.7 Å². The fourth-order valence-electron chi connectivity index (χ4n) is 2.05. The number of nitrogens with one attached hydrogen (secondary N) is 2. The van der Waals surface area contributed by atoms with Gasteiger partial charge in [-0.25, -0.2) is 4.79 Å². The van der Waals surface area contributed by atoms with E-state index < -0.39 is 0 Å². The number of hydrogen-bond acceptors (Lipinski definition) is 2. The Labute approximate surface area is 116 Å². The zero-order valence-electron chi connectivity index (χ0n) is 11.0. The van der Waals surface area contributed by atoms with Gasteiger partial charge in [-0.1, -0.05) is 30.3 Å². The van der Waals surface area contributed by atoms with E-state index in [1.807, 2.05) is 42.5 Å². The zero-order valence-corrected chi connectivity index (χ0v) is 11.0. The summed E-state index contributed by atoms with van der Waals surface area (Å²) in [6.45, 7) is 0. The van der Waals surface area contributed by atoms with Gasteiger partial charge in [0.1, 0.15) is 0 Å². The van der Waals surface area contributed by atoms with Crippen LogP contribution in [-0.4, -0.2) is 15.8 Å². The van der Waals surface area contributed by atoms with Crippen molar-refractivity contribution in [2.75, 3.05) is 10.6 Å². The van der Waals surface area contributed by atoms with E-state index in [-0.39, 0.29) is 6.03 Å². The highest BCUT2D eigenvalue weighted by Gasteiger charge is 2.04. The third kappa shape index (κ3) is 2.61. The molecule has 3 rings (SSSR count). The van der Waals surface area contributed by atoms with E-state index in [0.717, 1.165) is 16.5 Å². The largest absolute Gasteiger partial charge is 0.323 e. The summed E-state index contributed by atoms with van der Waals surface area (Å²) in [4.78, 5) is 11.9. The number of urea groups is 1. The highest BCUT2D eigenvalue weighted by Crippen LogP contribution is 2.19. The molecule has 3 aromatic rings. The highest BCUT2D eigenvalue weighted by molar-refractivity contribution is 6.01. The van der Waals surface area contributed by atoms with Crippen LogP contribution in [0.25, 0.3) is 10.8 Å². The van der Waals surface area contributed by atoms with Crippen molar-refractivity contribution in [3.63, 3.8) is 0 Å². The number of aromatic nitrogens is 2. The molecule has 5 heteroatoms. The van der Waals surface area contributed by atoms with Crippen molar-refractivity contribution in [3.8, 4) is 0 Å². The molecule has 0 radical (unpaired) electrons. The van der Waals surface area contributed by atoms with Crippen molar-refractivity contribution in [1.29, 1.82) is 0 Å². The normalized spacial score (nSPS) is 10.4. The van der Waals surface area contributed by atoms with Gasteiger partial charge in [-0.2, -0.15) is 5.10 Å². The fourth-order valence-corrected chi connectivity index (χ4v) is 2.05. The van der Waals surface area contributed by atoms with Gasteiger partial charge >= 0.3 is 6.03 Å². The first-order chi connectivity index (χ1) is 9.70. The summed E-state index contributed by atoms with van der Waals surface area (Å²) in [6.07, 6.45) is 3.33. The second kappa shape index (κ2) is 5.05. The number of hydrogen-bond donors (Lipinski definition) is 2. The van der Waals surface area contributed by atoms with E-state index in [9.17, 15) is 4.79 Å². The van der Waals surface area contributed by atoms with Crippen molar-refractivity contribution in [2.24, 2.45) is 7.05 Å². The van der Waals surface area contributed by atoms with Crippen LogP contribution in [0.5, 0.6) is 0 Å². The van der Waals surface area contributed by atoms with Crippen LogP contribution in [0.1, 0.15) is 0 Å². The number of amides is 2. The van der Waals surface area contributed by atoms with E-state index in [0.29, 0.717) is 5.69 Å². The first-order valence-electron chi connectivity index (χ1n) is 6.26. The van der Waals surface area contributed by atoms with E-state index >= 15 is 0 Å². The van der Waals surface area contributed by atoms with Gasteiger partial charge in [-0.15, -0.1) is 0 Å². The lowest BCUT2D eigenvalue weighted by Crippen LogP contribution is -2.19. The van der Waals surface area contributed by atoms with Crippen molar-refractivity contribution in [2.45, 2.75) is 0 Å². The molecule has 1 aromatic heterocycles. The standard InChI is InChI=1S/C15H14N4O/c1-19-10-14(9-16-19)18-15(20)17-13-7-6-11-4-2-3-5-12(11)8-13/h2-10H,1H3,(H2,17,18,20). The zero-order chi connectivity index (χ0) is 13.9. The second-order valence-electron chi connectivity index (χ2n) is 4.54. The van der Waals surface area contributed by atoms with Gasteiger partial charge in [0.2, 0.25) is 0 Å². The van der Waals surface area contributed by atoms with Crippen LogP contribution < -0.4 is 10.6 Å². The second-order valence-corrected chi connectivity index (χ2v) is 4.54. The van der Waals surface area contributed by atoms with E-state index in [1.54, 1.807) is 24.1 Å². The minimum Gasteiger partial charge on any atom is -0.308 e. The molecule has 0 aliphatic rings. The Morgan fingerprint density at radius 1 is 1.05 bits per heavy atom. The number of carbonyl (C=O) groups excluding carboxylic acids is 1. The molecule has 0 atom stereocenters. The number of carbonyl (C=O) groups is 1. The molecule has 1 heterocycles. The molecular formula is C15H14N4O. The van der Waals surface area contributed by atoms with Crippen LogP contribution in [0.3, 0.4) is 0 Å². The maximum Gasteiger partial charge on any atom is 0.323 e. The van der Waals surface area contributed by atoms with Crippen molar-refractivity contribution in [1.82, 2.24) is 9.78 Å². The molecule has 0 aliphatic carbocycles. The molecule has 0 bridgehead atoms. The highest BCUT2D eigenvalue weighted by atomic mass is 16.2. The van der Waals surface area contributed by atoms with Crippen LogP contribution in [0.15, 0.2) is 54.9 Å². The lowest BCUT2D eigenvalue weighted by Gasteiger charge is -2.07. The summed E-state index contributed by atoms with van der Waals surface area (Å²) >= 11 is 0. The molecule has 0 aliphatic heterocycles. The average molecular weight is 266 g/mol. The first kappa shape index (κ1) is 12.2. The molecule has 0 saturated heterocycles. The predicted octanol–water partition coefficient (Wildman–Crippen LogP) is 3.22. The minimum absolute atomic E-state index is 0.284. The number of nitrogens with zero attached hydrogens (tertiary/aromatic N) is 2. The first-order valence-corrected chi connectivity index (χ1v) is 6.26. The molecule has 2 N–H and O–H groups in total. The van der Waals surface area contributed by atoms with Gasteiger partial charge in [0, 0.05) is 18.9 Å². The molecule has 20 heavy (non-hydrogen) atoms. The average Bonchev–Trinajstić information content (AvgIpc) is 2.83. The topological polar surface area (TPSA) is 59.0 Å². The van der Waals surface area contributed by atoms with Crippen LogP contribution in [-0.2, 0) is 7.05 Å². The Morgan fingerprint density at radius 3 is 2.55 bits per heavy atom. The summed E-state index contributed by atoms with van der Waals surface area (Å²) in [7, 11) is 1.80. The quantitative estimate of drug-likeness (QED) is 0.748. The summed E-state index contributed by atoms with van der Waals surface area (Å²) in [5, 5.41) is 11.8. The summed E-state index contributed by atoms with van der Waals surface area (Å²) in [5.41, 5.74) is 1.41. The smallest absolute Gasteiger partial charge is 0.308 e. The molecule has 2 amide bonds. The molecule has 0 saturated carbocycles. The van der Waals surface area contributed by atoms with Gasteiger partial charge in [0.15, 0.2) is 0 Å². The molecule has 5 nitrogen and oxygen atoms in total. The fraction of sp³-hybridized carbons (Fsp3) is 0.0667. The van der Waals surface area contributed by atoms with Crippen LogP contribution in [0, 0.1) is 0 Å². The van der Waals surface area contributed by atoms with Gasteiger partial charge in [0.25, 0.3) is 0 Å². The van der Waals surface area contributed by atoms with E-state index in [1.165, 1.54) is 0 Å². The number of fused-ring (bicyclic) bond motifs is 1. The van der Waals surface area contributed by atoms with Crippen molar-refractivity contribution >= 4 is 28.2 Å². The molecule has 0 spiro atoms. The van der Waals surface area contributed by atoms with E-state index in [4.69, 9.17) is 0 Å². The van der Waals surface area contributed by atoms with Crippen molar-refractivity contribution < 1.29 is 4.79 Å². The maximum absolute atomic E-state index is 11.9. The Morgan fingerprint density at radius 2 is 1.80 bits per heavy atom. The summed E-state index contributed by atoms with van der Waals surface area (Å²) in [5.74, 6) is 0. The number of aryl methyl sites for hydroxylation is 1. The number of rotatable bonds is 2. The summed E-state index contributed by atoms with van der Waals surface area (Å²) in [6, 6.07) is 13.5. The summed E-state index contributed by atoms with van der Waals surface area (Å²) < 4.78 is 1.63. The Hall–Kier alpha value is -2.82. The molecule has 2 aromatic carbocycles. The molecule has 0 fully saturated rings. The molecule has 0 unspecified atom stereocenters. The Bertz CT molecular complexity index is 763. The molecular weight excluding hydrogens is 252 g/mol. The van der Waals surface area contributed by atoms with Crippen LogP contribution in [0.2, 0.25) is 0 Å². The molecule has 100 valence electrons. The Balaban J connectivity index is 1.73. The minimum atomic E-state index is -0.284. The lowest BCUT2D eigenvalue weighted by molar-refractivity contribution is 0.262. The van der Waals surface area contributed by atoms with Gasteiger partial charge in [-0.05, 0) is 22.9 Å². The van der Waals surface area contributed by atoms with Crippen LogP contribution in [0.4, 0.5) is 16.2 Å². The number of benzene rings is 2. The Kier molecular flexibility index (Phi) is 3.09. The third-order valence-corrected chi connectivity index (χ3v) is 2.97. The maximum atomic E-state index is 11.9. The lowest BCUT2D eigenvalue weighted by atomic mass is 10.1. The third-order valence-electron chi connectivity index (χ3n) is 2.97. The SMILES string of the molecule is Cn1cc(NC(=O)Nc2ccc3ccccc3c2)cn1. The van der Waals surface area contributed by atoms with Gasteiger partial charge < -0.3 is 10.6 Å². The predicted molar refractivity (Wildman–Crippen MR) is 79.8 cm³/mol. The van der Waals surface area contributed by atoms with Crippen molar-refractivity contribution in [3.05, 3.63) is 54.9 Å².